The Bertz CT molecular complexity index is 1020. The van der Waals surface area contributed by atoms with Crippen molar-refractivity contribution >= 4 is 5.57 Å². The highest BCUT2D eigenvalue weighted by Gasteiger charge is 2.25. The third kappa shape index (κ3) is 6.32. The molecule has 2 aliphatic carbocycles. The third-order valence-electron chi connectivity index (χ3n) is 8.12. The Hall–Kier alpha value is -2.23. The number of hydrogen-bond donors (Lipinski definition) is 0. The van der Waals surface area contributed by atoms with Gasteiger partial charge in [-0.25, -0.2) is 13.2 Å². The van der Waals surface area contributed by atoms with E-state index >= 15 is 0 Å². The molecule has 0 radical (unpaired) electrons. The summed E-state index contributed by atoms with van der Waals surface area (Å²) < 4.78 is 49.8. The van der Waals surface area contributed by atoms with Crippen molar-refractivity contribution in [3.63, 3.8) is 0 Å². The quantitative estimate of drug-likeness (QED) is 0.344. The number of halogens is 3. The fourth-order valence-corrected chi connectivity index (χ4v) is 6.05. The Morgan fingerprint density at radius 1 is 0.857 bits per heavy atom. The highest BCUT2D eigenvalue weighted by atomic mass is 19.2. The van der Waals surface area contributed by atoms with Crippen molar-refractivity contribution < 1.29 is 17.9 Å². The van der Waals surface area contributed by atoms with Gasteiger partial charge in [0.25, 0.3) is 0 Å². The summed E-state index contributed by atoms with van der Waals surface area (Å²) in [4.78, 5) is 0. The van der Waals surface area contributed by atoms with Gasteiger partial charge in [-0.3, -0.25) is 0 Å². The summed E-state index contributed by atoms with van der Waals surface area (Å²) in [7, 11) is 0. The minimum atomic E-state index is -0.683. The van der Waals surface area contributed by atoms with Gasteiger partial charge >= 0.3 is 0 Å². The number of aryl methyl sites for hydroxylation is 1. The van der Waals surface area contributed by atoms with Gasteiger partial charge in [-0.05, 0) is 105 Å². The summed E-state index contributed by atoms with van der Waals surface area (Å²) in [6, 6.07) is 8.76. The molecule has 1 saturated carbocycles. The summed E-state index contributed by atoms with van der Waals surface area (Å²) in [6.07, 6.45) is 12.6. The Balaban J connectivity index is 1.31. The zero-order valence-corrected chi connectivity index (χ0v) is 21.2. The molecule has 0 saturated heterocycles. The first-order valence-electron chi connectivity index (χ1n) is 13.6. The van der Waals surface area contributed by atoms with E-state index in [0.717, 1.165) is 62.5 Å². The number of ether oxygens (including phenoxy) is 1. The molecule has 2 aromatic carbocycles. The molecule has 1 fully saturated rings. The SMILES string of the molecule is CCCC1CC=C(c2ccc(CCC3CCC(c4ccc(OCC)cc4F)CC3)c(F)c2F)CC1. The molecule has 0 aromatic heterocycles. The van der Waals surface area contributed by atoms with Crippen LogP contribution in [0.15, 0.2) is 36.4 Å². The highest BCUT2D eigenvalue weighted by Crippen LogP contribution is 2.40. The molecule has 0 bridgehead atoms. The van der Waals surface area contributed by atoms with E-state index in [9.17, 15) is 13.2 Å². The van der Waals surface area contributed by atoms with E-state index in [-0.39, 0.29) is 11.7 Å². The maximum atomic E-state index is 15.0. The first-order valence-corrected chi connectivity index (χ1v) is 13.6. The molecule has 1 unspecified atom stereocenters. The van der Waals surface area contributed by atoms with E-state index in [1.807, 2.05) is 19.1 Å². The average molecular weight is 485 g/mol. The van der Waals surface area contributed by atoms with Crippen molar-refractivity contribution in [2.45, 2.75) is 90.4 Å². The lowest BCUT2D eigenvalue weighted by Crippen LogP contribution is -2.15. The van der Waals surface area contributed by atoms with Crippen LogP contribution in [0.1, 0.15) is 101 Å². The molecule has 2 aromatic rings. The van der Waals surface area contributed by atoms with Gasteiger partial charge in [0.15, 0.2) is 11.6 Å². The van der Waals surface area contributed by atoms with Crippen molar-refractivity contribution in [1.82, 2.24) is 0 Å². The summed E-state index contributed by atoms with van der Waals surface area (Å²) >= 11 is 0. The van der Waals surface area contributed by atoms with Gasteiger partial charge in [0.05, 0.1) is 6.61 Å². The molecule has 0 N–H and O–H groups in total. The Morgan fingerprint density at radius 3 is 2.31 bits per heavy atom. The Kier molecular flexibility index (Phi) is 8.97. The molecular weight excluding hydrogens is 445 g/mol. The van der Waals surface area contributed by atoms with E-state index in [4.69, 9.17) is 4.74 Å². The number of allylic oxidation sites excluding steroid dienone is 2. The van der Waals surface area contributed by atoms with Crippen molar-refractivity contribution in [3.05, 3.63) is 70.5 Å². The second-order valence-corrected chi connectivity index (χ2v) is 10.4. The topological polar surface area (TPSA) is 9.23 Å². The largest absolute Gasteiger partial charge is 0.494 e. The van der Waals surface area contributed by atoms with Crippen molar-refractivity contribution in [1.29, 1.82) is 0 Å². The van der Waals surface area contributed by atoms with Crippen molar-refractivity contribution in [2.24, 2.45) is 11.8 Å². The van der Waals surface area contributed by atoms with E-state index in [1.165, 1.54) is 18.9 Å². The standard InChI is InChI=1S/C31H39F3O/c1-3-5-21-6-13-24(14-7-21)28-18-16-25(30(33)31(28)34)15-10-22-8-11-23(12-9-22)27-19-17-26(35-4-2)20-29(27)32/h13,16-23H,3-12,14-15H2,1-2H3. The lowest BCUT2D eigenvalue weighted by atomic mass is 9.76. The van der Waals surface area contributed by atoms with Gasteiger partial charge in [-0.2, -0.15) is 0 Å². The fourth-order valence-electron chi connectivity index (χ4n) is 6.05. The molecular formula is C31H39F3O. The molecule has 0 amide bonds. The van der Waals surface area contributed by atoms with Crippen LogP contribution in [0.2, 0.25) is 0 Å². The summed E-state index contributed by atoms with van der Waals surface area (Å²) in [6.45, 7) is 4.60. The second-order valence-electron chi connectivity index (χ2n) is 10.4. The van der Waals surface area contributed by atoms with E-state index in [0.29, 0.717) is 41.7 Å². The lowest BCUT2D eigenvalue weighted by molar-refractivity contribution is 0.304. The monoisotopic (exact) mass is 484 g/mol. The smallest absolute Gasteiger partial charge is 0.166 e. The Labute approximate surface area is 208 Å². The molecule has 0 heterocycles. The van der Waals surface area contributed by atoms with E-state index < -0.39 is 11.6 Å². The molecule has 1 nitrogen and oxygen atoms in total. The molecule has 4 heteroatoms. The lowest BCUT2D eigenvalue weighted by Gasteiger charge is -2.29. The number of rotatable bonds is 9. The van der Waals surface area contributed by atoms with Gasteiger partial charge in [0.2, 0.25) is 0 Å². The van der Waals surface area contributed by atoms with Crippen LogP contribution in [-0.4, -0.2) is 6.61 Å². The first kappa shape index (κ1) is 25.9. The number of benzene rings is 2. The maximum Gasteiger partial charge on any atom is 0.166 e. The van der Waals surface area contributed by atoms with Crippen LogP contribution >= 0.6 is 0 Å². The van der Waals surface area contributed by atoms with Crippen LogP contribution in [0.5, 0.6) is 5.75 Å². The second kappa shape index (κ2) is 12.1. The average Bonchev–Trinajstić information content (AvgIpc) is 2.87. The molecule has 2 aliphatic rings. The van der Waals surface area contributed by atoms with Gasteiger partial charge in [0.1, 0.15) is 11.6 Å². The van der Waals surface area contributed by atoms with Gasteiger partial charge in [-0.15, -0.1) is 0 Å². The normalized spacial score (nSPS) is 22.7. The predicted molar refractivity (Wildman–Crippen MR) is 137 cm³/mol. The zero-order chi connectivity index (χ0) is 24.8. The Morgan fingerprint density at radius 2 is 1.66 bits per heavy atom. The van der Waals surface area contributed by atoms with Crippen LogP contribution < -0.4 is 4.74 Å². The van der Waals surface area contributed by atoms with Crippen LogP contribution in [-0.2, 0) is 6.42 Å². The minimum absolute atomic E-state index is 0.189. The molecule has 4 rings (SSSR count). The molecule has 190 valence electrons. The third-order valence-corrected chi connectivity index (χ3v) is 8.12. The molecule has 1 atom stereocenters. The summed E-state index contributed by atoms with van der Waals surface area (Å²) in [5.74, 6) is 0.388. The van der Waals surface area contributed by atoms with Gasteiger partial charge < -0.3 is 4.74 Å². The van der Waals surface area contributed by atoms with Crippen molar-refractivity contribution in [2.75, 3.05) is 6.61 Å². The number of hydrogen-bond acceptors (Lipinski definition) is 1. The fraction of sp³-hybridized carbons (Fsp3) is 0.548. The van der Waals surface area contributed by atoms with Crippen LogP contribution in [0.4, 0.5) is 13.2 Å². The summed E-state index contributed by atoms with van der Waals surface area (Å²) in [5.41, 5.74) is 2.65. The van der Waals surface area contributed by atoms with Gasteiger partial charge in [-0.1, -0.05) is 44.0 Å². The van der Waals surface area contributed by atoms with Crippen LogP contribution in [0.3, 0.4) is 0 Å². The van der Waals surface area contributed by atoms with Crippen LogP contribution in [0.25, 0.3) is 5.57 Å². The van der Waals surface area contributed by atoms with Crippen molar-refractivity contribution in [3.8, 4) is 5.75 Å². The van der Waals surface area contributed by atoms with E-state index in [2.05, 4.69) is 13.0 Å². The molecule has 35 heavy (non-hydrogen) atoms. The minimum Gasteiger partial charge on any atom is -0.494 e. The first-order chi connectivity index (χ1) is 17.0. The van der Waals surface area contributed by atoms with Crippen LogP contribution in [0, 0.1) is 29.3 Å². The predicted octanol–water partition coefficient (Wildman–Crippen LogP) is 9.39. The van der Waals surface area contributed by atoms with E-state index in [1.54, 1.807) is 12.1 Å². The maximum absolute atomic E-state index is 15.0. The zero-order valence-electron chi connectivity index (χ0n) is 21.2. The highest BCUT2D eigenvalue weighted by molar-refractivity contribution is 5.67. The van der Waals surface area contributed by atoms with Gasteiger partial charge in [0, 0.05) is 11.6 Å². The molecule has 0 spiro atoms. The summed E-state index contributed by atoms with van der Waals surface area (Å²) in [5, 5.41) is 0. The molecule has 0 aliphatic heterocycles.